The van der Waals surface area contributed by atoms with Crippen molar-refractivity contribution in [1.82, 2.24) is 10.1 Å². The van der Waals surface area contributed by atoms with Gasteiger partial charge in [-0.2, -0.15) is 16.7 Å². The molecule has 1 aliphatic heterocycles. The highest BCUT2D eigenvalue weighted by Crippen LogP contribution is 2.33. The van der Waals surface area contributed by atoms with Gasteiger partial charge in [-0.15, -0.1) is 0 Å². The van der Waals surface area contributed by atoms with Crippen molar-refractivity contribution < 1.29 is 9.26 Å². The van der Waals surface area contributed by atoms with E-state index in [0.717, 1.165) is 22.8 Å². The van der Waals surface area contributed by atoms with Crippen molar-refractivity contribution in [1.29, 1.82) is 0 Å². The Bertz CT molecular complexity index is 573. The second-order valence-electron chi connectivity index (χ2n) is 4.46. The third kappa shape index (κ3) is 2.33. The van der Waals surface area contributed by atoms with Gasteiger partial charge in [0.05, 0.1) is 18.6 Å². The average Bonchev–Trinajstić information content (AvgIpc) is 3.07. The molecule has 0 aliphatic carbocycles. The van der Waals surface area contributed by atoms with Crippen LogP contribution in [0, 0.1) is 0 Å². The Labute approximate surface area is 115 Å². The van der Waals surface area contributed by atoms with Crippen molar-refractivity contribution in [3.05, 3.63) is 30.2 Å². The van der Waals surface area contributed by atoms with Crippen LogP contribution in [-0.2, 0) is 0 Å². The van der Waals surface area contributed by atoms with Crippen LogP contribution in [-0.4, -0.2) is 34.8 Å². The van der Waals surface area contributed by atoms with Crippen LogP contribution in [0.5, 0.6) is 5.75 Å². The summed E-state index contributed by atoms with van der Waals surface area (Å²) in [5, 5.41) is 4.04. The van der Waals surface area contributed by atoms with Gasteiger partial charge < -0.3 is 15.0 Å². The predicted octanol–water partition coefficient (Wildman–Crippen LogP) is 1.90. The average molecular weight is 277 g/mol. The number of benzene rings is 1. The van der Waals surface area contributed by atoms with E-state index in [4.69, 9.17) is 15.0 Å². The van der Waals surface area contributed by atoms with Crippen LogP contribution in [0.1, 0.15) is 11.8 Å². The van der Waals surface area contributed by atoms with Gasteiger partial charge in [0, 0.05) is 17.5 Å². The van der Waals surface area contributed by atoms with Crippen LogP contribution in [0.25, 0.3) is 11.4 Å². The number of hydrogen-bond acceptors (Lipinski definition) is 6. The smallest absolute Gasteiger partial charge is 0.232 e. The number of rotatable bonds is 3. The fraction of sp³-hybridized carbons (Fsp3) is 0.385. The Morgan fingerprint density at radius 2 is 2.21 bits per heavy atom. The molecule has 2 N–H and O–H groups in total. The number of aromatic nitrogens is 2. The monoisotopic (exact) mass is 277 g/mol. The van der Waals surface area contributed by atoms with Crippen molar-refractivity contribution in [2.75, 3.05) is 18.6 Å². The molecule has 1 aromatic heterocycles. The fourth-order valence-electron chi connectivity index (χ4n) is 2.15. The third-order valence-corrected chi connectivity index (χ3v) is 4.45. The molecule has 2 atom stereocenters. The Balaban J connectivity index is 1.92. The summed E-state index contributed by atoms with van der Waals surface area (Å²) >= 11 is 1.82. The van der Waals surface area contributed by atoms with Gasteiger partial charge in [0.1, 0.15) is 5.75 Å². The normalized spacial score (nSPS) is 22.6. The maximum Gasteiger partial charge on any atom is 0.232 e. The highest BCUT2D eigenvalue weighted by atomic mass is 32.2. The summed E-state index contributed by atoms with van der Waals surface area (Å²) in [6.07, 6.45) is 0. The van der Waals surface area contributed by atoms with E-state index in [1.54, 1.807) is 7.11 Å². The molecule has 2 aromatic rings. The first kappa shape index (κ1) is 12.5. The van der Waals surface area contributed by atoms with E-state index in [1.165, 1.54) is 0 Å². The largest absolute Gasteiger partial charge is 0.496 e. The third-order valence-electron chi connectivity index (χ3n) is 3.23. The molecule has 1 aromatic carbocycles. The number of para-hydroxylation sites is 1. The van der Waals surface area contributed by atoms with Crippen LogP contribution >= 0.6 is 11.8 Å². The molecular weight excluding hydrogens is 262 g/mol. The zero-order valence-corrected chi connectivity index (χ0v) is 11.4. The molecule has 1 saturated heterocycles. The molecule has 100 valence electrons. The van der Waals surface area contributed by atoms with Gasteiger partial charge in [0.2, 0.25) is 11.7 Å². The van der Waals surface area contributed by atoms with E-state index < -0.39 is 0 Å². The molecule has 19 heavy (non-hydrogen) atoms. The zero-order chi connectivity index (χ0) is 13.2. The van der Waals surface area contributed by atoms with Crippen LogP contribution < -0.4 is 10.5 Å². The summed E-state index contributed by atoms with van der Waals surface area (Å²) in [5.74, 6) is 3.95. The number of ether oxygens (including phenoxy) is 1. The lowest BCUT2D eigenvalue weighted by molar-refractivity contribution is 0.352. The van der Waals surface area contributed by atoms with Crippen molar-refractivity contribution >= 4 is 11.8 Å². The van der Waals surface area contributed by atoms with E-state index in [1.807, 2.05) is 36.0 Å². The summed E-state index contributed by atoms with van der Waals surface area (Å²) in [7, 11) is 1.63. The number of hydrogen-bond donors (Lipinski definition) is 1. The molecular formula is C13H15N3O2S. The summed E-state index contributed by atoms with van der Waals surface area (Å²) < 4.78 is 10.7. The van der Waals surface area contributed by atoms with Crippen LogP contribution in [0.2, 0.25) is 0 Å². The van der Waals surface area contributed by atoms with Crippen molar-refractivity contribution in [3.63, 3.8) is 0 Å². The number of methoxy groups -OCH3 is 1. The summed E-state index contributed by atoms with van der Waals surface area (Å²) in [5.41, 5.74) is 6.87. The highest BCUT2D eigenvalue weighted by Gasteiger charge is 2.31. The van der Waals surface area contributed by atoms with Crippen molar-refractivity contribution in [2.24, 2.45) is 5.73 Å². The second kappa shape index (κ2) is 5.22. The van der Waals surface area contributed by atoms with Gasteiger partial charge in [-0.05, 0) is 12.1 Å². The number of thioether (sulfide) groups is 1. The molecule has 2 unspecified atom stereocenters. The number of nitrogens with zero attached hydrogens (tertiary/aromatic N) is 2. The van der Waals surface area contributed by atoms with Crippen LogP contribution in [0.4, 0.5) is 0 Å². The quantitative estimate of drug-likeness (QED) is 0.923. The van der Waals surface area contributed by atoms with Crippen molar-refractivity contribution in [3.8, 4) is 17.1 Å². The fourth-order valence-corrected chi connectivity index (χ4v) is 3.43. The van der Waals surface area contributed by atoms with Gasteiger partial charge in [-0.3, -0.25) is 0 Å². The molecule has 5 nitrogen and oxygen atoms in total. The zero-order valence-electron chi connectivity index (χ0n) is 10.6. The Kier molecular flexibility index (Phi) is 3.44. The summed E-state index contributed by atoms with van der Waals surface area (Å²) in [4.78, 5) is 4.47. The Hall–Kier alpha value is -1.53. The molecule has 0 radical (unpaired) electrons. The van der Waals surface area contributed by atoms with Crippen LogP contribution in [0.15, 0.2) is 28.8 Å². The lowest BCUT2D eigenvalue weighted by Gasteiger charge is -2.07. The predicted molar refractivity (Wildman–Crippen MR) is 74.3 cm³/mol. The van der Waals surface area contributed by atoms with Gasteiger partial charge in [0.25, 0.3) is 0 Å². The minimum absolute atomic E-state index is 0.0935. The Morgan fingerprint density at radius 3 is 2.95 bits per heavy atom. The maximum atomic E-state index is 6.04. The van der Waals surface area contributed by atoms with Gasteiger partial charge >= 0.3 is 0 Å². The molecule has 1 aliphatic rings. The minimum Gasteiger partial charge on any atom is -0.496 e. The van der Waals surface area contributed by atoms with Gasteiger partial charge in [0.15, 0.2) is 0 Å². The lowest BCUT2D eigenvalue weighted by Crippen LogP contribution is -2.26. The Morgan fingerprint density at radius 1 is 1.37 bits per heavy atom. The molecule has 6 heteroatoms. The highest BCUT2D eigenvalue weighted by molar-refractivity contribution is 7.99. The molecule has 0 saturated carbocycles. The molecule has 3 rings (SSSR count). The van der Waals surface area contributed by atoms with E-state index in [2.05, 4.69) is 10.1 Å². The molecule has 0 amide bonds. The van der Waals surface area contributed by atoms with Gasteiger partial charge in [-0.1, -0.05) is 17.3 Å². The van der Waals surface area contributed by atoms with E-state index in [-0.39, 0.29) is 12.0 Å². The topological polar surface area (TPSA) is 74.2 Å². The summed E-state index contributed by atoms with van der Waals surface area (Å²) in [6.45, 7) is 0. The standard InChI is InChI=1S/C13H15N3O2S/c1-17-11-5-3-2-4-8(11)12-15-13(18-16-12)9-6-19-7-10(9)14/h2-5,9-10H,6-7,14H2,1H3. The SMILES string of the molecule is COc1ccccc1-c1noc(C2CSCC2N)n1. The first-order chi connectivity index (χ1) is 9.29. The maximum absolute atomic E-state index is 6.04. The van der Waals surface area contributed by atoms with Crippen LogP contribution in [0.3, 0.4) is 0 Å². The van der Waals surface area contributed by atoms with E-state index in [9.17, 15) is 0 Å². The minimum atomic E-state index is 0.0935. The lowest BCUT2D eigenvalue weighted by atomic mass is 10.1. The van der Waals surface area contributed by atoms with E-state index >= 15 is 0 Å². The molecule has 0 bridgehead atoms. The molecule has 2 heterocycles. The molecule has 0 spiro atoms. The van der Waals surface area contributed by atoms with Gasteiger partial charge in [-0.25, -0.2) is 0 Å². The first-order valence-electron chi connectivity index (χ1n) is 6.10. The van der Waals surface area contributed by atoms with E-state index in [0.29, 0.717) is 11.7 Å². The van der Waals surface area contributed by atoms with Crippen molar-refractivity contribution in [2.45, 2.75) is 12.0 Å². The number of nitrogens with two attached hydrogens (primary N) is 1. The molecule has 1 fully saturated rings. The summed E-state index contributed by atoms with van der Waals surface area (Å²) in [6, 6.07) is 7.72. The second-order valence-corrected chi connectivity index (χ2v) is 5.54. The first-order valence-corrected chi connectivity index (χ1v) is 7.25.